The Morgan fingerprint density at radius 3 is 2.81 bits per heavy atom. The van der Waals surface area contributed by atoms with Gasteiger partial charge in [0.1, 0.15) is 11.6 Å². The Bertz CT molecular complexity index is 493. The minimum atomic E-state index is 0.106. The van der Waals surface area contributed by atoms with Gasteiger partial charge in [0, 0.05) is 30.7 Å². The summed E-state index contributed by atoms with van der Waals surface area (Å²) in [7, 11) is 0. The highest BCUT2D eigenvalue weighted by molar-refractivity contribution is 7.11. The lowest BCUT2D eigenvalue weighted by Crippen LogP contribution is -2.38. The standard InChI is InChI=1S/C14H23N5OS/c1-3-15-14(17-9-12-16-8-11(2)21-12)18-10-13(20)19-6-4-5-7-19/h8H,3-7,9-10H2,1-2H3,(H2,15,17,18). The molecular weight excluding hydrogens is 286 g/mol. The van der Waals surface area contributed by atoms with Crippen LogP contribution in [0.3, 0.4) is 0 Å². The number of rotatable bonds is 5. The van der Waals surface area contributed by atoms with E-state index in [0.29, 0.717) is 12.5 Å². The molecule has 0 saturated carbocycles. The van der Waals surface area contributed by atoms with Crippen molar-refractivity contribution in [3.05, 3.63) is 16.1 Å². The van der Waals surface area contributed by atoms with Gasteiger partial charge in [-0.3, -0.25) is 4.79 Å². The highest BCUT2D eigenvalue weighted by Gasteiger charge is 2.17. The molecule has 1 saturated heterocycles. The number of carbonyl (C=O) groups excluding carboxylic acids is 1. The fourth-order valence-electron chi connectivity index (χ4n) is 2.20. The lowest BCUT2D eigenvalue weighted by atomic mass is 10.4. The van der Waals surface area contributed by atoms with Crippen molar-refractivity contribution in [3.63, 3.8) is 0 Å². The quantitative estimate of drug-likeness (QED) is 0.632. The maximum atomic E-state index is 12.0. The molecule has 1 aromatic heterocycles. The second-order valence-corrected chi connectivity index (χ2v) is 6.32. The van der Waals surface area contributed by atoms with E-state index in [2.05, 4.69) is 20.6 Å². The van der Waals surface area contributed by atoms with E-state index in [1.807, 2.05) is 24.9 Å². The predicted octanol–water partition coefficient (Wildman–Crippen LogP) is 1.13. The number of hydrogen-bond acceptors (Lipinski definition) is 4. The van der Waals surface area contributed by atoms with Crippen molar-refractivity contribution in [2.75, 3.05) is 26.2 Å². The monoisotopic (exact) mass is 309 g/mol. The number of likely N-dealkylation sites (tertiary alicyclic amines) is 1. The summed E-state index contributed by atoms with van der Waals surface area (Å²) in [5.74, 6) is 0.771. The summed E-state index contributed by atoms with van der Waals surface area (Å²) in [6.45, 7) is 7.38. The van der Waals surface area contributed by atoms with Gasteiger partial charge in [0.15, 0.2) is 5.96 Å². The molecule has 0 unspecified atom stereocenters. The lowest BCUT2D eigenvalue weighted by Gasteiger charge is -2.14. The molecule has 0 radical (unpaired) electrons. The minimum absolute atomic E-state index is 0.106. The third-order valence-corrected chi connectivity index (χ3v) is 4.16. The number of aromatic nitrogens is 1. The summed E-state index contributed by atoms with van der Waals surface area (Å²) in [6, 6.07) is 0. The molecule has 2 rings (SSSR count). The number of nitrogens with one attached hydrogen (secondary N) is 2. The van der Waals surface area contributed by atoms with E-state index in [1.165, 1.54) is 4.88 Å². The average Bonchev–Trinajstić information content (AvgIpc) is 3.13. The molecule has 7 heteroatoms. The van der Waals surface area contributed by atoms with Crippen molar-refractivity contribution >= 4 is 23.2 Å². The Hall–Kier alpha value is -1.63. The van der Waals surface area contributed by atoms with Crippen LogP contribution in [-0.4, -0.2) is 47.9 Å². The number of guanidine groups is 1. The first kappa shape index (κ1) is 15.8. The zero-order valence-electron chi connectivity index (χ0n) is 12.7. The van der Waals surface area contributed by atoms with Gasteiger partial charge < -0.3 is 15.5 Å². The molecular formula is C14H23N5OS. The van der Waals surface area contributed by atoms with Crippen molar-refractivity contribution in [2.24, 2.45) is 4.99 Å². The summed E-state index contributed by atoms with van der Waals surface area (Å²) in [6.07, 6.45) is 4.08. The van der Waals surface area contributed by atoms with E-state index in [4.69, 9.17) is 0 Å². The highest BCUT2D eigenvalue weighted by atomic mass is 32.1. The normalized spacial score (nSPS) is 15.3. The van der Waals surface area contributed by atoms with E-state index in [-0.39, 0.29) is 12.5 Å². The van der Waals surface area contributed by atoms with Gasteiger partial charge in [-0.2, -0.15) is 0 Å². The van der Waals surface area contributed by atoms with Crippen LogP contribution >= 0.6 is 11.3 Å². The molecule has 2 N–H and O–H groups in total. The van der Waals surface area contributed by atoms with E-state index >= 15 is 0 Å². The molecule has 1 aliphatic heterocycles. The Morgan fingerprint density at radius 2 is 2.19 bits per heavy atom. The molecule has 21 heavy (non-hydrogen) atoms. The topological polar surface area (TPSA) is 69.6 Å². The van der Waals surface area contributed by atoms with Crippen LogP contribution in [0, 0.1) is 6.92 Å². The Morgan fingerprint density at radius 1 is 1.43 bits per heavy atom. The molecule has 1 aliphatic rings. The zero-order chi connectivity index (χ0) is 15.1. The van der Waals surface area contributed by atoms with Gasteiger partial charge in [-0.25, -0.2) is 9.98 Å². The number of hydrogen-bond donors (Lipinski definition) is 2. The molecule has 0 spiro atoms. The van der Waals surface area contributed by atoms with Crippen LogP contribution in [-0.2, 0) is 11.3 Å². The molecule has 1 aromatic rings. The second-order valence-electron chi connectivity index (χ2n) is 5.00. The van der Waals surface area contributed by atoms with Crippen molar-refractivity contribution in [2.45, 2.75) is 33.2 Å². The zero-order valence-corrected chi connectivity index (χ0v) is 13.5. The molecule has 1 fully saturated rings. The molecule has 6 nitrogen and oxygen atoms in total. The lowest BCUT2D eigenvalue weighted by molar-refractivity contribution is -0.128. The largest absolute Gasteiger partial charge is 0.357 e. The van der Waals surface area contributed by atoms with Crippen LogP contribution in [0.15, 0.2) is 11.2 Å². The summed E-state index contributed by atoms with van der Waals surface area (Å²) in [4.78, 5) is 23.7. The fraction of sp³-hybridized carbons (Fsp3) is 0.643. The first-order chi connectivity index (χ1) is 10.2. The Kier molecular flexibility index (Phi) is 5.98. The van der Waals surface area contributed by atoms with Gasteiger partial charge in [-0.1, -0.05) is 0 Å². The molecule has 0 aliphatic carbocycles. The molecule has 1 amide bonds. The van der Waals surface area contributed by atoms with Crippen molar-refractivity contribution in [1.29, 1.82) is 0 Å². The SMILES string of the molecule is CCNC(=NCC(=O)N1CCCC1)NCc1ncc(C)s1. The van der Waals surface area contributed by atoms with E-state index in [9.17, 15) is 4.79 Å². The van der Waals surface area contributed by atoms with Crippen LogP contribution in [0.1, 0.15) is 29.7 Å². The summed E-state index contributed by atoms with van der Waals surface area (Å²) in [5.41, 5.74) is 0. The maximum absolute atomic E-state index is 12.0. The van der Waals surface area contributed by atoms with Gasteiger partial charge in [-0.15, -0.1) is 11.3 Å². The minimum Gasteiger partial charge on any atom is -0.357 e. The van der Waals surface area contributed by atoms with Gasteiger partial charge in [-0.05, 0) is 26.7 Å². The average molecular weight is 309 g/mol. The van der Waals surface area contributed by atoms with Crippen LogP contribution < -0.4 is 10.6 Å². The van der Waals surface area contributed by atoms with Gasteiger partial charge in [0.2, 0.25) is 5.91 Å². The summed E-state index contributed by atoms with van der Waals surface area (Å²) < 4.78 is 0. The van der Waals surface area contributed by atoms with E-state index < -0.39 is 0 Å². The predicted molar refractivity (Wildman–Crippen MR) is 85.5 cm³/mol. The molecule has 116 valence electrons. The smallest absolute Gasteiger partial charge is 0.244 e. The first-order valence-corrected chi connectivity index (χ1v) is 8.22. The van der Waals surface area contributed by atoms with Crippen molar-refractivity contribution in [3.8, 4) is 0 Å². The summed E-state index contributed by atoms with van der Waals surface area (Å²) in [5, 5.41) is 7.38. The molecule has 0 bridgehead atoms. The fourth-order valence-corrected chi connectivity index (χ4v) is 2.92. The number of thiazole rings is 1. The Labute approximate surface area is 129 Å². The Balaban J connectivity index is 1.84. The van der Waals surface area contributed by atoms with Crippen LogP contribution in [0.25, 0.3) is 0 Å². The third-order valence-electron chi connectivity index (χ3n) is 3.25. The second kappa shape index (κ2) is 7.97. The van der Waals surface area contributed by atoms with E-state index in [1.54, 1.807) is 11.3 Å². The third kappa shape index (κ3) is 5.00. The number of amides is 1. The number of carbonyl (C=O) groups is 1. The van der Waals surface area contributed by atoms with Crippen LogP contribution in [0.5, 0.6) is 0 Å². The molecule has 0 aromatic carbocycles. The first-order valence-electron chi connectivity index (χ1n) is 7.40. The highest BCUT2D eigenvalue weighted by Crippen LogP contribution is 2.10. The summed E-state index contributed by atoms with van der Waals surface area (Å²) >= 11 is 1.66. The van der Waals surface area contributed by atoms with Crippen molar-refractivity contribution in [1.82, 2.24) is 20.5 Å². The van der Waals surface area contributed by atoms with Gasteiger partial charge in [0.05, 0.1) is 6.54 Å². The van der Waals surface area contributed by atoms with Gasteiger partial charge in [0.25, 0.3) is 0 Å². The number of aryl methyl sites for hydroxylation is 1. The van der Waals surface area contributed by atoms with Gasteiger partial charge >= 0.3 is 0 Å². The van der Waals surface area contributed by atoms with Crippen LogP contribution in [0.4, 0.5) is 0 Å². The van der Waals surface area contributed by atoms with Crippen LogP contribution in [0.2, 0.25) is 0 Å². The number of aliphatic imine (C=N–C) groups is 1. The van der Waals surface area contributed by atoms with Crippen molar-refractivity contribution < 1.29 is 4.79 Å². The molecule has 2 heterocycles. The molecule has 0 atom stereocenters. The maximum Gasteiger partial charge on any atom is 0.244 e. The number of nitrogens with zero attached hydrogens (tertiary/aromatic N) is 3. The van der Waals surface area contributed by atoms with E-state index in [0.717, 1.165) is 37.5 Å².